The quantitative estimate of drug-likeness (QED) is 0.679. The fourth-order valence-corrected chi connectivity index (χ4v) is 4.37. The summed E-state index contributed by atoms with van der Waals surface area (Å²) in [6, 6.07) is 1.03. The topological polar surface area (TPSA) is 109 Å². The van der Waals surface area contributed by atoms with Crippen molar-refractivity contribution in [3.63, 3.8) is 0 Å². The predicted octanol–water partition coefficient (Wildman–Crippen LogP) is 3.32. The molecular formula is C21H23ClFN3O4. The summed E-state index contributed by atoms with van der Waals surface area (Å²) in [6.07, 6.45) is 4.93. The highest BCUT2D eigenvalue weighted by molar-refractivity contribution is 6.30. The number of carboxylic acid groups (broad SMARTS) is 1. The van der Waals surface area contributed by atoms with Crippen molar-refractivity contribution in [3.8, 4) is 5.75 Å². The Labute approximate surface area is 177 Å². The van der Waals surface area contributed by atoms with Crippen molar-refractivity contribution >= 4 is 34.2 Å². The number of nitrogens with zero attached hydrogens (tertiary/aromatic N) is 2. The molecule has 30 heavy (non-hydrogen) atoms. The normalized spacial score (nSPS) is 19.1. The largest absolute Gasteiger partial charge is 0.504 e. The van der Waals surface area contributed by atoms with E-state index in [4.69, 9.17) is 17.3 Å². The van der Waals surface area contributed by atoms with E-state index in [1.54, 1.807) is 9.47 Å². The molecule has 2 aliphatic rings. The van der Waals surface area contributed by atoms with E-state index in [2.05, 4.69) is 0 Å². The molecule has 1 aliphatic carbocycles. The number of carbonyl (C=O) groups is 1. The minimum Gasteiger partial charge on any atom is -0.504 e. The Morgan fingerprint density at radius 3 is 2.67 bits per heavy atom. The van der Waals surface area contributed by atoms with Gasteiger partial charge >= 0.3 is 5.97 Å². The third kappa shape index (κ3) is 3.54. The van der Waals surface area contributed by atoms with Crippen molar-refractivity contribution in [2.75, 3.05) is 24.5 Å². The maximum atomic E-state index is 15.1. The molecule has 1 aromatic heterocycles. The molecule has 4 rings (SSSR count). The van der Waals surface area contributed by atoms with Gasteiger partial charge in [-0.25, -0.2) is 9.18 Å². The lowest BCUT2D eigenvalue weighted by molar-refractivity contribution is 0.0694. The van der Waals surface area contributed by atoms with Gasteiger partial charge in [0.2, 0.25) is 5.43 Å². The number of nitrogens with two attached hydrogens (primary N) is 1. The standard InChI is InChI=1S/C21H23ClFN3O4/c22-15(9-24)11-2-1-6-25(7-5-11)18-16(23)8-13-17(20(18)28)26(12-3-4-12)10-14(19(13)27)21(29)30/h8,10,12,28H,1-7,9,24H2,(H,29,30)/b15-11-. The number of phenols is 1. The molecule has 1 aliphatic heterocycles. The summed E-state index contributed by atoms with van der Waals surface area (Å²) < 4.78 is 16.7. The number of aromatic carboxylic acids is 1. The van der Waals surface area contributed by atoms with Crippen LogP contribution in [0.3, 0.4) is 0 Å². The zero-order valence-corrected chi connectivity index (χ0v) is 17.1. The van der Waals surface area contributed by atoms with Crippen LogP contribution in [0.1, 0.15) is 48.5 Å². The summed E-state index contributed by atoms with van der Waals surface area (Å²) in [5.41, 5.74) is 5.65. The van der Waals surface area contributed by atoms with Crippen LogP contribution in [0.5, 0.6) is 5.75 Å². The van der Waals surface area contributed by atoms with Crippen molar-refractivity contribution < 1.29 is 19.4 Å². The number of aromatic hydroxyl groups is 1. The number of phenolic OH excluding ortho intramolecular Hbond substituents is 1. The third-order valence-corrected chi connectivity index (χ3v) is 6.28. The first kappa shape index (κ1) is 20.7. The zero-order valence-electron chi connectivity index (χ0n) is 16.3. The number of carboxylic acids is 1. The number of halogens is 2. The molecule has 0 bridgehead atoms. The molecule has 2 heterocycles. The maximum Gasteiger partial charge on any atom is 0.341 e. The van der Waals surface area contributed by atoms with E-state index >= 15 is 4.39 Å². The molecule has 160 valence electrons. The lowest BCUT2D eigenvalue weighted by Crippen LogP contribution is -2.26. The molecule has 2 aromatic rings. The van der Waals surface area contributed by atoms with Gasteiger partial charge in [0, 0.05) is 36.9 Å². The second kappa shape index (κ2) is 7.92. The molecule has 1 saturated carbocycles. The molecule has 0 atom stereocenters. The van der Waals surface area contributed by atoms with Crippen LogP contribution < -0.4 is 16.1 Å². The fraction of sp³-hybridized carbons (Fsp3) is 0.429. The first-order chi connectivity index (χ1) is 14.3. The summed E-state index contributed by atoms with van der Waals surface area (Å²) in [5.74, 6) is -2.45. The predicted molar refractivity (Wildman–Crippen MR) is 113 cm³/mol. The Morgan fingerprint density at radius 1 is 1.30 bits per heavy atom. The number of rotatable bonds is 4. The van der Waals surface area contributed by atoms with Gasteiger partial charge in [0.1, 0.15) is 11.3 Å². The van der Waals surface area contributed by atoms with Crippen LogP contribution in [0.2, 0.25) is 0 Å². The van der Waals surface area contributed by atoms with Crippen molar-refractivity contribution in [1.82, 2.24) is 4.57 Å². The Kier molecular flexibility index (Phi) is 5.46. The van der Waals surface area contributed by atoms with E-state index in [1.807, 2.05) is 0 Å². The van der Waals surface area contributed by atoms with Crippen LogP contribution in [-0.4, -0.2) is 40.4 Å². The number of benzene rings is 1. The first-order valence-electron chi connectivity index (χ1n) is 9.98. The van der Waals surface area contributed by atoms with Crippen LogP contribution in [-0.2, 0) is 0 Å². The van der Waals surface area contributed by atoms with Gasteiger partial charge in [0.25, 0.3) is 0 Å². The number of pyridine rings is 1. The Morgan fingerprint density at radius 2 is 2.03 bits per heavy atom. The molecule has 0 radical (unpaired) electrons. The lowest BCUT2D eigenvalue weighted by Gasteiger charge is -2.25. The number of hydrogen-bond donors (Lipinski definition) is 3. The van der Waals surface area contributed by atoms with Gasteiger partial charge in [-0.15, -0.1) is 0 Å². The molecule has 0 spiro atoms. The molecule has 1 saturated heterocycles. The number of fused-ring (bicyclic) bond motifs is 1. The van der Waals surface area contributed by atoms with Gasteiger partial charge in [-0.3, -0.25) is 4.79 Å². The van der Waals surface area contributed by atoms with Gasteiger partial charge in [0.05, 0.1) is 10.9 Å². The van der Waals surface area contributed by atoms with Gasteiger partial charge in [-0.2, -0.15) is 0 Å². The molecule has 4 N–H and O–H groups in total. The number of hydrogen-bond acceptors (Lipinski definition) is 5. The molecule has 0 amide bonds. The average molecular weight is 436 g/mol. The van der Waals surface area contributed by atoms with E-state index in [-0.39, 0.29) is 34.9 Å². The average Bonchev–Trinajstić information content (AvgIpc) is 3.55. The highest BCUT2D eigenvalue weighted by Crippen LogP contribution is 2.43. The summed E-state index contributed by atoms with van der Waals surface area (Å²) in [5, 5.41) is 20.9. The molecular weight excluding hydrogens is 413 g/mol. The maximum absolute atomic E-state index is 15.1. The minimum absolute atomic E-state index is 0.0163. The van der Waals surface area contributed by atoms with E-state index in [0.717, 1.165) is 37.3 Å². The van der Waals surface area contributed by atoms with E-state index in [1.165, 1.54) is 6.20 Å². The van der Waals surface area contributed by atoms with Crippen LogP contribution in [0.4, 0.5) is 10.1 Å². The van der Waals surface area contributed by atoms with Crippen LogP contribution >= 0.6 is 11.6 Å². The summed E-state index contributed by atoms with van der Waals surface area (Å²) in [4.78, 5) is 25.9. The van der Waals surface area contributed by atoms with Crippen LogP contribution in [0.25, 0.3) is 10.9 Å². The van der Waals surface area contributed by atoms with Crippen molar-refractivity contribution in [2.24, 2.45) is 5.73 Å². The highest BCUT2D eigenvalue weighted by atomic mass is 35.5. The fourth-order valence-electron chi connectivity index (χ4n) is 4.18. The van der Waals surface area contributed by atoms with Crippen molar-refractivity contribution in [2.45, 2.75) is 38.1 Å². The van der Waals surface area contributed by atoms with E-state index in [0.29, 0.717) is 24.5 Å². The molecule has 1 aromatic carbocycles. The Hall–Kier alpha value is -2.58. The van der Waals surface area contributed by atoms with Gasteiger partial charge < -0.3 is 25.4 Å². The number of aromatic nitrogens is 1. The molecule has 0 unspecified atom stereocenters. The Bertz CT molecular complexity index is 1120. The van der Waals surface area contributed by atoms with Crippen LogP contribution in [0.15, 0.2) is 27.7 Å². The molecule has 2 fully saturated rings. The lowest BCUT2D eigenvalue weighted by atomic mass is 10.1. The molecule has 7 nitrogen and oxygen atoms in total. The van der Waals surface area contributed by atoms with Gasteiger partial charge in [-0.1, -0.05) is 17.2 Å². The summed E-state index contributed by atoms with van der Waals surface area (Å²) in [7, 11) is 0. The third-order valence-electron chi connectivity index (χ3n) is 5.86. The highest BCUT2D eigenvalue weighted by Gasteiger charge is 2.31. The monoisotopic (exact) mass is 435 g/mol. The van der Waals surface area contributed by atoms with Crippen molar-refractivity contribution in [1.29, 1.82) is 0 Å². The van der Waals surface area contributed by atoms with E-state index in [9.17, 15) is 19.8 Å². The van der Waals surface area contributed by atoms with Gasteiger partial charge in [0.15, 0.2) is 11.6 Å². The van der Waals surface area contributed by atoms with Gasteiger partial charge in [-0.05, 0) is 38.2 Å². The smallest absolute Gasteiger partial charge is 0.341 e. The summed E-state index contributed by atoms with van der Waals surface area (Å²) >= 11 is 6.20. The van der Waals surface area contributed by atoms with E-state index < -0.39 is 22.8 Å². The van der Waals surface area contributed by atoms with Crippen LogP contribution in [0, 0.1) is 5.82 Å². The molecule has 9 heteroatoms. The van der Waals surface area contributed by atoms with Crippen molar-refractivity contribution in [3.05, 3.63) is 44.5 Å². The Balaban J connectivity index is 1.86. The minimum atomic E-state index is -1.37. The number of anilines is 1. The SMILES string of the molecule is NC/C(Cl)=C1\CCCN(c2c(F)cc3c(=O)c(C(=O)O)cn(C4CC4)c3c2O)CC1. The summed E-state index contributed by atoms with van der Waals surface area (Å²) in [6.45, 7) is 1.21. The second-order valence-corrected chi connectivity index (χ2v) is 8.28. The second-order valence-electron chi connectivity index (χ2n) is 7.82. The zero-order chi connectivity index (χ0) is 21.6. The first-order valence-corrected chi connectivity index (χ1v) is 10.4.